The molecular formula is C23H20N4O. The molecule has 0 unspecified atom stereocenters. The molecule has 4 aromatic rings. The van der Waals surface area contributed by atoms with Crippen molar-refractivity contribution >= 4 is 11.6 Å². The quantitative estimate of drug-likeness (QED) is 0.563. The van der Waals surface area contributed by atoms with Crippen LogP contribution in [0, 0.1) is 13.8 Å². The molecule has 1 amide bonds. The van der Waals surface area contributed by atoms with Gasteiger partial charge in [0.2, 0.25) is 5.82 Å². The Kier molecular flexibility index (Phi) is 4.72. The minimum Gasteiger partial charge on any atom is -0.319 e. The zero-order valence-corrected chi connectivity index (χ0v) is 15.8. The fourth-order valence-electron chi connectivity index (χ4n) is 2.93. The predicted molar refractivity (Wildman–Crippen MR) is 111 cm³/mol. The van der Waals surface area contributed by atoms with Gasteiger partial charge in [-0.15, -0.1) is 5.10 Å². The van der Waals surface area contributed by atoms with Crippen molar-refractivity contribution in [3.8, 4) is 17.1 Å². The van der Waals surface area contributed by atoms with E-state index in [4.69, 9.17) is 0 Å². The van der Waals surface area contributed by atoms with Crippen LogP contribution in [0.25, 0.3) is 17.1 Å². The van der Waals surface area contributed by atoms with Gasteiger partial charge in [0.15, 0.2) is 5.82 Å². The Hall–Kier alpha value is -3.73. The van der Waals surface area contributed by atoms with Gasteiger partial charge in [-0.1, -0.05) is 54.6 Å². The van der Waals surface area contributed by atoms with Crippen molar-refractivity contribution in [2.75, 3.05) is 5.32 Å². The second-order valence-electron chi connectivity index (χ2n) is 6.63. The minimum atomic E-state index is -0.342. The SMILES string of the molecule is Cc1ccc(-n2nc(C(=O)Nc3ccccc3)nc2-c2ccccc2)cc1C. The third-order valence-corrected chi connectivity index (χ3v) is 4.61. The number of benzene rings is 3. The maximum Gasteiger partial charge on any atom is 0.295 e. The number of carbonyl (C=O) groups excluding carboxylic acids is 1. The van der Waals surface area contributed by atoms with Crippen molar-refractivity contribution in [2.24, 2.45) is 0 Å². The fourth-order valence-corrected chi connectivity index (χ4v) is 2.93. The number of hydrogen-bond acceptors (Lipinski definition) is 3. The Bertz CT molecular complexity index is 1120. The van der Waals surface area contributed by atoms with Gasteiger partial charge >= 0.3 is 0 Å². The van der Waals surface area contributed by atoms with Gasteiger partial charge in [-0.3, -0.25) is 4.79 Å². The van der Waals surface area contributed by atoms with Crippen molar-refractivity contribution in [2.45, 2.75) is 13.8 Å². The Morgan fingerprint density at radius 1 is 0.857 bits per heavy atom. The van der Waals surface area contributed by atoms with E-state index >= 15 is 0 Å². The molecule has 0 spiro atoms. The Morgan fingerprint density at radius 3 is 2.21 bits per heavy atom. The number of aromatic nitrogens is 3. The first-order valence-electron chi connectivity index (χ1n) is 9.08. The Balaban J connectivity index is 1.78. The molecule has 5 heteroatoms. The summed E-state index contributed by atoms with van der Waals surface area (Å²) in [4.78, 5) is 17.3. The van der Waals surface area contributed by atoms with E-state index in [0.717, 1.165) is 16.8 Å². The van der Waals surface area contributed by atoms with Crippen molar-refractivity contribution in [1.29, 1.82) is 0 Å². The zero-order chi connectivity index (χ0) is 19.5. The number of rotatable bonds is 4. The van der Waals surface area contributed by atoms with Gasteiger partial charge in [0.25, 0.3) is 5.91 Å². The number of carbonyl (C=O) groups is 1. The third kappa shape index (κ3) is 3.55. The number of nitrogens with one attached hydrogen (secondary N) is 1. The van der Waals surface area contributed by atoms with E-state index < -0.39 is 0 Å². The molecule has 0 aliphatic carbocycles. The second kappa shape index (κ2) is 7.48. The van der Waals surface area contributed by atoms with Crippen LogP contribution in [0.1, 0.15) is 21.7 Å². The van der Waals surface area contributed by atoms with Gasteiger partial charge < -0.3 is 5.32 Å². The summed E-state index contributed by atoms with van der Waals surface area (Å²) in [6.07, 6.45) is 0. The van der Waals surface area contributed by atoms with E-state index in [0.29, 0.717) is 11.5 Å². The molecule has 0 bridgehead atoms. The average molecular weight is 368 g/mol. The molecule has 0 fully saturated rings. The molecule has 0 aliphatic heterocycles. The summed E-state index contributed by atoms with van der Waals surface area (Å²) in [5, 5.41) is 7.36. The molecule has 0 aliphatic rings. The molecule has 4 rings (SSSR count). The maximum absolute atomic E-state index is 12.7. The van der Waals surface area contributed by atoms with E-state index in [1.54, 1.807) is 4.68 Å². The molecule has 5 nitrogen and oxygen atoms in total. The monoisotopic (exact) mass is 368 g/mol. The number of hydrogen-bond donors (Lipinski definition) is 1. The predicted octanol–water partition coefficient (Wildman–Crippen LogP) is 4.80. The summed E-state index contributed by atoms with van der Waals surface area (Å²) in [5.74, 6) is 0.411. The fraction of sp³-hybridized carbons (Fsp3) is 0.0870. The van der Waals surface area contributed by atoms with Crippen molar-refractivity contribution in [1.82, 2.24) is 14.8 Å². The molecular weight excluding hydrogens is 348 g/mol. The summed E-state index contributed by atoms with van der Waals surface area (Å²) in [7, 11) is 0. The summed E-state index contributed by atoms with van der Waals surface area (Å²) in [6, 6.07) is 25.1. The van der Waals surface area contributed by atoms with Crippen LogP contribution < -0.4 is 5.32 Å². The summed E-state index contributed by atoms with van der Waals surface area (Å²) in [6.45, 7) is 4.12. The minimum absolute atomic E-state index is 0.126. The highest BCUT2D eigenvalue weighted by atomic mass is 16.2. The third-order valence-electron chi connectivity index (χ3n) is 4.61. The topological polar surface area (TPSA) is 59.8 Å². The molecule has 3 aromatic carbocycles. The summed E-state index contributed by atoms with van der Waals surface area (Å²) < 4.78 is 1.72. The van der Waals surface area contributed by atoms with E-state index in [-0.39, 0.29) is 11.7 Å². The van der Waals surface area contributed by atoms with E-state index in [1.807, 2.05) is 72.8 Å². The molecule has 28 heavy (non-hydrogen) atoms. The van der Waals surface area contributed by atoms with Crippen LogP contribution in [-0.4, -0.2) is 20.7 Å². The summed E-state index contributed by atoms with van der Waals surface area (Å²) in [5.41, 5.74) is 4.82. The lowest BCUT2D eigenvalue weighted by Crippen LogP contribution is -2.14. The first-order valence-corrected chi connectivity index (χ1v) is 9.08. The Labute approximate surface area is 163 Å². The van der Waals surface area contributed by atoms with Gasteiger partial charge in [-0.05, 0) is 49.2 Å². The van der Waals surface area contributed by atoms with Gasteiger partial charge in [0, 0.05) is 11.3 Å². The van der Waals surface area contributed by atoms with Crippen LogP contribution in [-0.2, 0) is 0 Å². The lowest BCUT2D eigenvalue weighted by atomic mass is 10.1. The van der Waals surface area contributed by atoms with Gasteiger partial charge in [0.05, 0.1) is 5.69 Å². The van der Waals surface area contributed by atoms with Crippen LogP contribution in [0.5, 0.6) is 0 Å². The van der Waals surface area contributed by atoms with E-state index in [1.165, 1.54) is 5.56 Å². The van der Waals surface area contributed by atoms with Gasteiger partial charge in [-0.25, -0.2) is 9.67 Å². The average Bonchev–Trinajstić information content (AvgIpc) is 3.17. The van der Waals surface area contributed by atoms with E-state index in [9.17, 15) is 4.79 Å². The van der Waals surface area contributed by atoms with Crippen LogP contribution >= 0.6 is 0 Å². The number of amides is 1. The van der Waals surface area contributed by atoms with Crippen LogP contribution in [0.2, 0.25) is 0 Å². The highest BCUT2D eigenvalue weighted by Gasteiger charge is 2.19. The standard InChI is InChI=1S/C23H20N4O/c1-16-13-14-20(15-17(16)2)27-22(18-9-5-3-6-10-18)25-21(26-27)23(28)24-19-11-7-4-8-12-19/h3-15H,1-2H3,(H,24,28). The molecule has 1 heterocycles. The molecule has 0 saturated carbocycles. The van der Waals surface area contributed by atoms with Crippen molar-refractivity contribution in [3.05, 3.63) is 95.8 Å². The first-order chi connectivity index (χ1) is 13.6. The lowest BCUT2D eigenvalue weighted by molar-refractivity contribution is 0.101. The summed E-state index contributed by atoms with van der Waals surface area (Å²) >= 11 is 0. The highest BCUT2D eigenvalue weighted by molar-refractivity contribution is 6.01. The van der Waals surface area contributed by atoms with Gasteiger partial charge in [-0.2, -0.15) is 0 Å². The molecule has 0 saturated heterocycles. The lowest BCUT2D eigenvalue weighted by Gasteiger charge is -2.08. The number of anilines is 1. The second-order valence-corrected chi connectivity index (χ2v) is 6.63. The Morgan fingerprint density at radius 2 is 1.54 bits per heavy atom. The molecule has 0 atom stereocenters. The van der Waals surface area contributed by atoms with Crippen LogP contribution in [0.3, 0.4) is 0 Å². The first kappa shape index (κ1) is 17.7. The zero-order valence-electron chi connectivity index (χ0n) is 15.8. The number of aryl methyl sites for hydroxylation is 2. The van der Waals surface area contributed by atoms with Crippen LogP contribution in [0.4, 0.5) is 5.69 Å². The normalized spacial score (nSPS) is 10.6. The van der Waals surface area contributed by atoms with E-state index in [2.05, 4.69) is 35.3 Å². The number of nitrogens with zero attached hydrogens (tertiary/aromatic N) is 3. The van der Waals surface area contributed by atoms with Crippen LogP contribution in [0.15, 0.2) is 78.9 Å². The van der Waals surface area contributed by atoms with Crippen molar-refractivity contribution < 1.29 is 4.79 Å². The van der Waals surface area contributed by atoms with Gasteiger partial charge in [0.1, 0.15) is 0 Å². The molecule has 1 aromatic heterocycles. The largest absolute Gasteiger partial charge is 0.319 e. The van der Waals surface area contributed by atoms with Crippen molar-refractivity contribution in [3.63, 3.8) is 0 Å². The maximum atomic E-state index is 12.7. The smallest absolute Gasteiger partial charge is 0.295 e. The molecule has 138 valence electrons. The number of para-hydroxylation sites is 1. The molecule has 1 N–H and O–H groups in total. The molecule has 0 radical (unpaired) electrons. The highest BCUT2D eigenvalue weighted by Crippen LogP contribution is 2.23.